The summed E-state index contributed by atoms with van der Waals surface area (Å²) in [6.07, 6.45) is 1.83. The molecule has 0 N–H and O–H groups in total. The molecule has 16 heavy (non-hydrogen) atoms. The first-order chi connectivity index (χ1) is 7.66. The van der Waals surface area contributed by atoms with Crippen molar-refractivity contribution in [3.05, 3.63) is 56.6 Å². The molecule has 0 aromatic carbocycles. The van der Waals surface area contributed by atoms with Crippen molar-refractivity contribution < 1.29 is 0 Å². The van der Waals surface area contributed by atoms with E-state index in [0.717, 1.165) is 0 Å². The van der Waals surface area contributed by atoms with Gasteiger partial charge in [0.1, 0.15) is 0 Å². The van der Waals surface area contributed by atoms with Gasteiger partial charge in [-0.2, -0.15) is 0 Å². The molecule has 0 aliphatic rings. The van der Waals surface area contributed by atoms with E-state index in [2.05, 4.69) is 25.3 Å². The molecular formula is C13H15NOS. The molecule has 3 heteroatoms. The molecule has 2 rings (SSSR count). The van der Waals surface area contributed by atoms with Crippen molar-refractivity contribution in [2.75, 3.05) is 0 Å². The fourth-order valence-corrected chi connectivity index (χ4v) is 2.59. The van der Waals surface area contributed by atoms with Gasteiger partial charge in [0.05, 0.1) is 6.54 Å². The largest absolute Gasteiger partial charge is 0.310 e. The van der Waals surface area contributed by atoms with Gasteiger partial charge in [-0.05, 0) is 29.0 Å². The van der Waals surface area contributed by atoms with Crippen LogP contribution in [0.25, 0.3) is 0 Å². The number of thiophene rings is 1. The molecule has 0 radical (unpaired) electrons. The lowest BCUT2D eigenvalue weighted by Gasteiger charge is -2.02. The summed E-state index contributed by atoms with van der Waals surface area (Å²) in [6, 6.07) is 7.44. The van der Waals surface area contributed by atoms with Crippen LogP contribution in [0.2, 0.25) is 0 Å². The van der Waals surface area contributed by atoms with Crippen molar-refractivity contribution in [3.63, 3.8) is 0 Å². The van der Waals surface area contributed by atoms with Gasteiger partial charge >= 0.3 is 0 Å². The highest BCUT2D eigenvalue weighted by Crippen LogP contribution is 2.22. The minimum atomic E-state index is 0.0574. The van der Waals surface area contributed by atoms with Gasteiger partial charge in [-0.3, -0.25) is 4.79 Å². The lowest BCUT2D eigenvalue weighted by molar-refractivity contribution is 0.768. The van der Waals surface area contributed by atoms with Crippen molar-refractivity contribution in [1.29, 1.82) is 0 Å². The second-order valence-corrected chi connectivity index (χ2v) is 5.16. The molecule has 0 amide bonds. The number of aromatic nitrogens is 1. The zero-order chi connectivity index (χ0) is 11.5. The fourth-order valence-electron chi connectivity index (χ4n) is 1.54. The first kappa shape index (κ1) is 11.1. The maximum atomic E-state index is 11.5. The van der Waals surface area contributed by atoms with Crippen LogP contribution in [0.1, 0.15) is 30.2 Å². The summed E-state index contributed by atoms with van der Waals surface area (Å²) >= 11 is 1.72. The van der Waals surface area contributed by atoms with Crippen molar-refractivity contribution in [1.82, 2.24) is 4.57 Å². The first-order valence-electron chi connectivity index (χ1n) is 5.39. The number of hydrogen-bond donors (Lipinski definition) is 0. The predicted molar refractivity (Wildman–Crippen MR) is 68.2 cm³/mol. The second-order valence-electron chi connectivity index (χ2n) is 4.17. The topological polar surface area (TPSA) is 22.0 Å². The molecule has 0 spiro atoms. The van der Waals surface area contributed by atoms with E-state index in [0.29, 0.717) is 12.5 Å². The zero-order valence-electron chi connectivity index (χ0n) is 9.51. The third-order valence-corrected chi connectivity index (χ3v) is 3.51. The molecule has 2 nitrogen and oxygen atoms in total. The molecule has 2 heterocycles. The molecule has 0 atom stereocenters. The number of rotatable bonds is 3. The summed E-state index contributed by atoms with van der Waals surface area (Å²) in [5, 5.41) is 2.17. The zero-order valence-corrected chi connectivity index (χ0v) is 10.3. The van der Waals surface area contributed by atoms with Gasteiger partial charge in [-0.1, -0.05) is 19.9 Å². The molecule has 2 aromatic heterocycles. The Balaban J connectivity index is 2.21. The minimum Gasteiger partial charge on any atom is -0.310 e. The summed E-state index contributed by atoms with van der Waals surface area (Å²) in [7, 11) is 0. The van der Waals surface area contributed by atoms with E-state index in [-0.39, 0.29) is 5.56 Å². The number of pyridine rings is 1. The van der Waals surface area contributed by atoms with Gasteiger partial charge in [0.25, 0.3) is 5.56 Å². The summed E-state index contributed by atoms with van der Waals surface area (Å²) in [4.78, 5) is 12.8. The van der Waals surface area contributed by atoms with E-state index in [1.807, 2.05) is 12.3 Å². The molecule has 0 fully saturated rings. The third-order valence-electron chi connectivity index (χ3n) is 2.57. The highest BCUT2D eigenvalue weighted by atomic mass is 32.1. The van der Waals surface area contributed by atoms with Crippen molar-refractivity contribution >= 4 is 11.3 Å². The van der Waals surface area contributed by atoms with Crippen molar-refractivity contribution in [3.8, 4) is 0 Å². The van der Waals surface area contributed by atoms with E-state index >= 15 is 0 Å². The van der Waals surface area contributed by atoms with Crippen LogP contribution in [0.5, 0.6) is 0 Å². The Hall–Kier alpha value is -1.35. The van der Waals surface area contributed by atoms with Gasteiger partial charge in [-0.15, -0.1) is 11.3 Å². The monoisotopic (exact) mass is 233 g/mol. The number of hydrogen-bond acceptors (Lipinski definition) is 2. The van der Waals surface area contributed by atoms with Crippen LogP contribution in [-0.4, -0.2) is 4.57 Å². The van der Waals surface area contributed by atoms with Crippen LogP contribution in [0.15, 0.2) is 40.6 Å². The molecule has 0 aliphatic heterocycles. The maximum absolute atomic E-state index is 11.5. The molecule has 0 unspecified atom stereocenters. The number of nitrogens with zero attached hydrogens (tertiary/aromatic N) is 1. The van der Waals surface area contributed by atoms with E-state index in [1.54, 1.807) is 28.0 Å². The van der Waals surface area contributed by atoms with Crippen LogP contribution in [0.3, 0.4) is 0 Å². The van der Waals surface area contributed by atoms with Crippen LogP contribution in [0.4, 0.5) is 0 Å². The van der Waals surface area contributed by atoms with Crippen LogP contribution in [-0.2, 0) is 6.54 Å². The Morgan fingerprint density at radius 2 is 2.19 bits per heavy atom. The Bertz CT molecular complexity index is 524. The summed E-state index contributed by atoms with van der Waals surface area (Å²) in [6.45, 7) is 5.04. The SMILES string of the molecule is CC(C)c1csc(Cn2ccccc2=O)c1. The molecule has 0 aliphatic carbocycles. The molecule has 0 saturated heterocycles. The Kier molecular flexibility index (Phi) is 3.25. The van der Waals surface area contributed by atoms with Gasteiger partial charge in [0.2, 0.25) is 0 Å². The second kappa shape index (κ2) is 4.66. The molecule has 0 bridgehead atoms. The van der Waals surface area contributed by atoms with Crippen LogP contribution in [0, 0.1) is 0 Å². The summed E-state index contributed by atoms with van der Waals surface area (Å²) < 4.78 is 1.73. The Labute approximate surface area is 99.2 Å². The van der Waals surface area contributed by atoms with E-state index in [9.17, 15) is 4.79 Å². The van der Waals surface area contributed by atoms with Crippen molar-refractivity contribution in [2.45, 2.75) is 26.3 Å². The van der Waals surface area contributed by atoms with Gasteiger partial charge < -0.3 is 4.57 Å². The summed E-state index contributed by atoms with van der Waals surface area (Å²) in [5.74, 6) is 0.553. The predicted octanol–water partition coefficient (Wildman–Crippen LogP) is 3.08. The maximum Gasteiger partial charge on any atom is 0.250 e. The fraction of sp³-hybridized carbons (Fsp3) is 0.308. The first-order valence-corrected chi connectivity index (χ1v) is 6.27. The quantitative estimate of drug-likeness (QED) is 0.798. The van der Waals surface area contributed by atoms with Gasteiger partial charge in [0.15, 0.2) is 0 Å². The van der Waals surface area contributed by atoms with Gasteiger partial charge in [0, 0.05) is 17.1 Å². The molecule has 84 valence electrons. The lowest BCUT2D eigenvalue weighted by atomic mass is 10.1. The van der Waals surface area contributed by atoms with E-state index in [4.69, 9.17) is 0 Å². The van der Waals surface area contributed by atoms with E-state index in [1.165, 1.54) is 10.4 Å². The normalized spacial score (nSPS) is 10.9. The lowest BCUT2D eigenvalue weighted by Crippen LogP contribution is -2.17. The Morgan fingerprint density at radius 1 is 1.38 bits per heavy atom. The molecular weight excluding hydrogens is 218 g/mol. The standard InChI is InChI=1S/C13H15NOS/c1-10(2)11-7-12(16-9-11)8-14-6-4-3-5-13(14)15/h3-7,9-10H,8H2,1-2H3. The van der Waals surface area contributed by atoms with Gasteiger partial charge in [-0.25, -0.2) is 0 Å². The van der Waals surface area contributed by atoms with Crippen LogP contribution >= 0.6 is 11.3 Å². The third kappa shape index (κ3) is 2.42. The highest BCUT2D eigenvalue weighted by molar-refractivity contribution is 7.10. The highest BCUT2D eigenvalue weighted by Gasteiger charge is 2.04. The van der Waals surface area contributed by atoms with Crippen LogP contribution < -0.4 is 5.56 Å². The van der Waals surface area contributed by atoms with E-state index < -0.39 is 0 Å². The van der Waals surface area contributed by atoms with Crippen molar-refractivity contribution in [2.24, 2.45) is 0 Å². The smallest absolute Gasteiger partial charge is 0.250 e. The average molecular weight is 233 g/mol. The Morgan fingerprint density at radius 3 is 2.81 bits per heavy atom. The summed E-state index contributed by atoms with van der Waals surface area (Å²) in [5.41, 5.74) is 1.41. The molecule has 2 aromatic rings. The minimum absolute atomic E-state index is 0.0574. The molecule has 0 saturated carbocycles. The average Bonchev–Trinajstić information content (AvgIpc) is 2.70.